The van der Waals surface area contributed by atoms with Crippen LogP contribution in [-0.2, 0) is 0 Å². The normalized spacial score (nSPS) is 15.6. The first-order valence-electron chi connectivity index (χ1n) is 6.06. The first-order chi connectivity index (χ1) is 7.08. The maximum atomic E-state index is 9.21. The largest absolute Gasteiger partial charge is 0.394 e. The second-order valence-corrected chi connectivity index (χ2v) is 4.73. The van der Waals surface area contributed by atoms with Gasteiger partial charge >= 0.3 is 0 Å². The Balaban J connectivity index is 3.52. The van der Waals surface area contributed by atoms with Gasteiger partial charge in [0.15, 0.2) is 0 Å². The molecule has 0 aliphatic heterocycles. The van der Waals surface area contributed by atoms with Crippen LogP contribution in [0, 0.1) is 0 Å². The fraction of sp³-hybridized carbons (Fsp3) is 1.00. The second-order valence-electron chi connectivity index (χ2n) is 4.73. The van der Waals surface area contributed by atoms with Crippen LogP contribution in [0.5, 0.6) is 0 Å². The molecule has 0 amide bonds. The third-order valence-electron chi connectivity index (χ3n) is 3.08. The molecule has 0 heterocycles. The highest BCUT2D eigenvalue weighted by atomic mass is 16.3. The van der Waals surface area contributed by atoms with Gasteiger partial charge in [-0.05, 0) is 53.4 Å². The highest BCUT2D eigenvalue weighted by Crippen LogP contribution is 2.12. The molecule has 3 heteroatoms. The average molecular weight is 216 g/mol. The van der Waals surface area contributed by atoms with E-state index in [-0.39, 0.29) is 12.1 Å². The lowest BCUT2D eigenvalue weighted by Gasteiger charge is -2.27. The van der Waals surface area contributed by atoms with Crippen LogP contribution in [0.15, 0.2) is 0 Å². The highest BCUT2D eigenvalue weighted by Gasteiger charge is 2.19. The van der Waals surface area contributed by atoms with Crippen molar-refractivity contribution in [3.05, 3.63) is 0 Å². The van der Waals surface area contributed by atoms with Crippen molar-refractivity contribution in [3.8, 4) is 0 Å². The smallest absolute Gasteiger partial charge is 0.0610 e. The monoisotopic (exact) mass is 216 g/mol. The molecule has 92 valence electrons. The predicted octanol–water partition coefficient (Wildman–Crippen LogP) is 1.47. The van der Waals surface area contributed by atoms with Crippen molar-refractivity contribution in [3.63, 3.8) is 0 Å². The molecule has 0 spiro atoms. The molecule has 1 unspecified atom stereocenters. The summed E-state index contributed by atoms with van der Waals surface area (Å²) < 4.78 is 0. The molecule has 0 aliphatic rings. The van der Waals surface area contributed by atoms with Crippen molar-refractivity contribution in [1.29, 1.82) is 0 Å². The summed E-state index contributed by atoms with van der Waals surface area (Å²) in [5.41, 5.74) is -0.0939. The number of hydrogen-bond donors (Lipinski definition) is 2. The van der Waals surface area contributed by atoms with Crippen molar-refractivity contribution < 1.29 is 5.11 Å². The lowest BCUT2D eigenvalue weighted by molar-refractivity contribution is 0.169. The number of nitrogens with zero attached hydrogens (tertiary/aromatic N) is 1. The van der Waals surface area contributed by atoms with Gasteiger partial charge in [0.2, 0.25) is 0 Å². The fourth-order valence-corrected chi connectivity index (χ4v) is 1.67. The van der Waals surface area contributed by atoms with Crippen LogP contribution in [0.3, 0.4) is 0 Å². The van der Waals surface area contributed by atoms with Gasteiger partial charge in [0.1, 0.15) is 0 Å². The van der Waals surface area contributed by atoms with E-state index in [0.717, 1.165) is 6.42 Å². The molecule has 0 fully saturated rings. The molecule has 0 aliphatic carbocycles. The minimum absolute atomic E-state index is 0.0939. The molecule has 0 aromatic carbocycles. The van der Waals surface area contributed by atoms with Crippen LogP contribution < -0.4 is 5.32 Å². The molecule has 0 rings (SSSR count). The van der Waals surface area contributed by atoms with Crippen LogP contribution in [-0.4, -0.2) is 49.3 Å². The lowest BCUT2D eigenvalue weighted by atomic mass is 9.96. The van der Waals surface area contributed by atoms with Gasteiger partial charge in [0.25, 0.3) is 0 Å². The van der Waals surface area contributed by atoms with Gasteiger partial charge in [0.05, 0.1) is 6.61 Å². The van der Waals surface area contributed by atoms with E-state index in [1.165, 1.54) is 32.4 Å². The Bertz CT molecular complexity index is 147. The minimum atomic E-state index is -0.0939. The number of likely N-dealkylation sites (N-methyl/N-ethyl adjacent to an activating group) is 1. The van der Waals surface area contributed by atoms with Crippen molar-refractivity contribution in [2.45, 2.75) is 45.1 Å². The standard InChI is InChI=1S/C12H28N2O/c1-5-9-14(4)10-7-6-8-12(2,11-15)13-3/h13,15H,5-11H2,1-4H3. The van der Waals surface area contributed by atoms with Gasteiger partial charge in [-0.15, -0.1) is 0 Å². The Kier molecular flexibility index (Phi) is 8.02. The van der Waals surface area contributed by atoms with Gasteiger partial charge in [-0.1, -0.05) is 13.3 Å². The Morgan fingerprint density at radius 3 is 2.40 bits per heavy atom. The average Bonchev–Trinajstić information content (AvgIpc) is 2.24. The SMILES string of the molecule is CCCN(C)CCCCC(C)(CO)NC. The third kappa shape index (κ3) is 6.88. The van der Waals surface area contributed by atoms with E-state index in [9.17, 15) is 5.11 Å². The molecule has 1 atom stereocenters. The highest BCUT2D eigenvalue weighted by molar-refractivity contribution is 4.80. The van der Waals surface area contributed by atoms with Crippen LogP contribution in [0.2, 0.25) is 0 Å². The van der Waals surface area contributed by atoms with Crippen molar-refractivity contribution >= 4 is 0 Å². The Morgan fingerprint density at radius 1 is 1.27 bits per heavy atom. The van der Waals surface area contributed by atoms with E-state index in [1.807, 2.05) is 7.05 Å². The van der Waals surface area contributed by atoms with E-state index in [2.05, 4.69) is 31.1 Å². The predicted molar refractivity (Wildman–Crippen MR) is 66.2 cm³/mol. The fourth-order valence-electron chi connectivity index (χ4n) is 1.67. The number of aliphatic hydroxyl groups is 1. The number of rotatable bonds is 9. The van der Waals surface area contributed by atoms with Crippen LogP contribution in [0.25, 0.3) is 0 Å². The first kappa shape index (κ1) is 14.9. The number of hydrogen-bond acceptors (Lipinski definition) is 3. The summed E-state index contributed by atoms with van der Waals surface area (Å²) in [6, 6.07) is 0. The zero-order chi connectivity index (χ0) is 11.7. The zero-order valence-corrected chi connectivity index (χ0v) is 10.8. The summed E-state index contributed by atoms with van der Waals surface area (Å²) in [6.07, 6.45) is 4.65. The Hall–Kier alpha value is -0.120. The minimum Gasteiger partial charge on any atom is -0.394 e. The summed E-state index contributed by atoms with van der Waals surface area (Å²) in [6.45, 7) is 6.85. The Morgan fingerprint density at radius 2 is 1.93 bits per heavy atom. The molecule has 0 bridgehead atoms. The van der Waals surface area contributed by atoms with E-state index in [4.69, 9.17) is 0 Å². The number of nitrogens with one attached hydrogen (secondary N) is 1. The maximum absolute atomic E-state index is 9.21. The van der Waals surface area contributed by atoms with Crippen molar-refractivity contribution in [2.75, 3.05) is 33.8 Å². The maximum Gasteiger partial charge on any atom is 0.0610 e. The molecular formula is C12H28N2O. The van der Waals surface area contributed by atoms with Gasteiger partial charge in [0, 0.05) is 5.54 Å². The Labute approximate surface area is 94.9 Å². The van der Waals surface area contributed by atoms with Crippen molar-refractivity contribution in [2.24, 2.45) is 0 Å². The first-order valence-corrected chi connectivity index (χ1v) is 6.06. The molecular weight excluding hydrogens is 188 g/mol. The summed E-state index contributed by atoms with van der Waals surface area (Å²) in [7, 11) is 4.09. The van der Waals surface area contributed by atoms with E-state index < -0.39 is 0 Å². The second kappa shape index (κ2) is 8.08. The number of aliphatic hydroxyl groups excluding tert-OH is 1. The van der Waals surface area contributed by atoms with Gasteiger partial charge in [-0.25, -0.2) is 0 Å². The van der Waals surface area contributed by atoms with E-state index in [0.29, 0.717) is 0 Å². The van der Waals surface area contributed by atoms with E-state index >= 15 is 0 Å². The van der Waals surface area contributed by atoms with Gasteiger partial charge in [-0.2, -0.15) is 0 Å². The molecule has 3 nitrogen and oxygen atoms in total. The summed E-state index contributed by atoms with van der Waals surface area (Å²) in [4.78, 5) is 2.37. The van der Waals surface area contributed by atoms with Crippen LogP contribution >= 0.6 is 0 Å². The molecule has 2 N–H and O–H groups in total. The zero-order valence-electron chi connectivity index (χ0n) is 10.8. The quantitative estimate of drug-likeness (QED) is 0.573. The topological polar surface area (TPSA) is 35.5 Å². The lowest BCUT2D eigenvalue weighted by Crippen LogP contribution is -2.43. The number of unbranched alkanes of at least 4 members (excludes halogenated alkanes) is 1. The third-order valence-corrected chi connectivity index (χ3v) is 3.08. The van der Waals surface area contributed by atoms with Gasteiger partial charge < -0.3 is 15.3 Å². The molecule has 0 saturated carbocycles. The molecule has 0 radical (unpaired) electrons. The van der Waals surface area contributed by atoms with E-state index in [1.54, 1.807) is 0 Å². The van der Waals surface area contributed by atoms with Gasteiger partial charge in [-0.3, -0.25) is 0 Å². The molecule has 0 aromatic rings. The van der Waals surface area contributed by atoms with Crippen LogP contribution in [0.1, 0.15) is 39.5 Å². The van der Waals surface area contributed by atoms with Crippen molar-refractivity contribution in [1.82, 2.24) is 10.2 Å². The van der Waals surface area contributed by atoms with Crippen LogP contribution in [0.4, 0.5) is 0 Å². The summed E-state index contributed by atoms with van der Waals surface area (Å²) in [5, 5.41) is 12.4. The molecule has 0 saturated heterocycles. The summed E-state index contributed by atoms with van der Waals surface area (Å²) in [5.74, 6) is 0. The molecule has 0 aromatic heterocycles. The molecule has 15 heavy (non-hydrogen) atoms. The summed E-state index contributed by atoms with van der Waals surface area (Å²) >= 11 is 0.